The highest BCUT2D eigenvalue weighted by atomic mass is 19.4. The van der Waals surface area contributed by atoms with Crippen LogP contribution in [0.3, 0.4) is 0 Å². The number of benzene rings is 2. The van der Waals surface area contributed by atoms with Gasteiger partial charge in [0.1, 0.15) is 56.6 Å². The molecule has 0 fully saturated rings. The van der Waals surface area contributed by atoms with Gasteiger partial charge < -0.3 is 14.4 Å². The average molecular weight is 474 g/mol. The van der Waals surface area contributed by atoms with E-state index >= 15 is 0 Å². The van der Waals surface area contributed by atoms with E-state index in [9.17, 15) is 18.0 Å². The molecule has 14 heteroatoms. The lowest BCUT2D eigenvalue weighted by molar-refractivity contribution is -0.274. The van der Waals surface area contributed by atoms with Gasteiger partial charge in [0.15, 0.2) is 0 Å². The van der Waals surface area contributed by atoms with Crippen molar-refractivity contribution in [1.82, 2.24) is 14.9 Å². The van der Waals surface area contributed by atoms with Crippen molar-refractivity contribution < 1.29 is 27.4 Å². The number of fused-ring (bicyclic) bond motifs is 1. The molecule has 4 rings (SSSR count). The fraction of sp³-hybridized carbons (Fsp3) is 0.190. The van der Waals surface area contributed by atoms with E-state index in [0.717, 1.165) is 16.5 Å². The Morgan fingerprint density at radius 2 is 1.63 bits per heavy atom. The van der Waals surface area contributed by atoms with Crippen molar-refractivity contribution in [3.05, 3.63) is 54.1 Å². The average Bonchev–Trinajstić information content (AvgIpc) is 2.88. The van der Waals surface area contributed by atoms with Gasteiger partial charge in [-0.2, -0.15) is 0 Å². The lowest BCUT2D eigenvalue weighted by atomic mass is 9.61. The molecule has 0 spiro atoms. The minimum absolute atomic E-state index is 0.209. The maximum absolute atomic E-state index is 14.0. The van der Waals surface area contributed by atoms with E-state index in [0.29, 0.717) is 28.2 Å². The summed E-state index contributed by atoms with van der Waals surface area (Å²) in [5, 5.41) is -0.640. The molecule has 0 saturated heterocycles. The second-order valence-corrected chi connectivity index (χ2v) is 9.18. The van der Waals surface area contributed by atoms with Crippen molar-refractivity contribution in [2.75, 3.05) is 6.61 Å². The Kier molecular flexibility index (Phi) is 6.42. The van der Waals surface area contributed by atoms with Crippen LogP contribution in [-0.2, 0) is 6.54 Å². The van der Waals surface area contributed by atoms with Crippen molar-refractivity contribution in [1.29, 1.82) is 0 Å². The van der Waals surface area contributed by atoms with E-state index in [1.807, 2.05) is 39.2 Å². The molecule has 1 aliphatic rings. The highest BCUT2D eigenvalue weighted by molar-refractivity contribution is 6.56. The molecule has 0 atom stereocenters. The number of amides is 1. The first-order chi connectivity index (χ1) is 16.4. The van der Waals surface area contributed by atoms with E-state index in [-0.39, 0.29) is 24.8 Å². The summed E-state index contributed by atoms with van der Waals surface area (Å²) < 4.78 is 48.0. The zero-order valence-electron chi connectivity index (χ0n) is 20.2. The molecule has 1 amide bonds. The molecule has 0 radical (unpaired) electrons. The fourth-order valence-electron chi connectivity index (χ4n) is 4.39. The highest BCUT2D eigenvalue weighted by Gasteiger charge is 2.39. The quantitative estimate of drug-likeness (QED) is 0.373. The van der Waals surface area contributed by atoms with Crippen LogP contribution in [0.2, 0.25) is 0 Å². The molecule has 0 bridgehead atoms. The van der Waals surface area contributed by atoms with E-state index in [2.05, 4.69) is 14.7 Å². The Morgan fingerprint density at radius 1 is 1.00 bits per heavy atom. The molecular weight excluding hydrogens is 453 g/mol. The van der Waals surface area contributed by atoms with Gasteiger partial charge in [0, 0.05) is 17.7 Å². The number of nitrogens with zero attached hydrogens (tertiary/aromatic N) is 3. The van der Waals surface area contributed by atoms with Crippen molar-refractivity contribution in [2.45, 2.75) is 18.2 Å². The zero-order valence-corrected chi connectivity index (χ0v) is 20.2. The molecule has 1 aliphatic heterocycles. The number of hydrogen-bond acceptors (Lipinski definition) is 5. The summed E-state index contributed by atoms with van der Waals surface area (Å²) in [6, 6.07) is 7.37. The van der Waals surface area contributed by atoms with E-state index < -0.39 is 11.7 Å². The smallest absolute Gasteiger partial charge is 0.493 e. The van der Waals surface area contributed by atoms with Gasteiger partial charge in [-0.25, -0.2) is 9.97 Å². The van der Waals surface area contributed by atoms with Gasteiger partial charge in [0.2, 0.25) is 0 Å². The minimum Gasteiger partial charge on any atom is -0.493 e. The SMILES string of the molecule is Bc1c(B)c(-c2ccc(OC(F)(F)F)cc2)c(B)c2c1OCC(B)(B)N(Cc1ncccn1)C2=O. The van der Waals surface area contributed by atoms with Gasteiger partial charge in [-0.3, -0.25) is 4.79 Å². The topological polar surface area (TPSA) is 64.6 Å². The summed E-state index contributed by atoms with van der Waals surface area (Å²) >= 11 is 0. The summed E-state index contributed by atoms with van der Waals surface area (Å²) in [6.07, 6.45) is -1.51. The van der Waals surface area contributed by atoms with Crippen LogP contribution >= 0.6 is 0 Å². The maximum atomic E-state index is 14.0. The van der Waals surface area contributed by atoms with Gasteiger partial charge in [-0.1, -0.05) is 28.5 Å². The number of aromatic nitrogens is 2. The summed E-state index contributed by atoms with van der Waals surface area (Å²) in [5.74, 6) is 0.515. The third-order valence-corrected chi connectivity index (χ3v) is 6.31. The van der Waals surface area contributed by atoms with Crippen molar-refractivity contribution in [2.24, 2.45) is 0 Å². The van der Waals surface area contributed by atoms with Crippen molar-refractivity contribution in [3.8, 4) is 22.6 Å². The normalized spacial score (nSPS) is 15.2. The molecule has 0 unspecified atom stereocenters. The van der Waals surface area contributed by atoms with Crippen molar-refractivity contribution >= 4 is 61.5 Å². The predicted molar refractivity (Wildman–Crippen MR) is 140 cm³/mol. The van der Waals surface area contributed by atoms with Crippen LogP contribution in [-0.4, -0.2) is 78.3 Å². The molecule has 3 aromatic rings. The lowest BCUT2D eigenvalue weighted by Crippen LogP contribution is -2.55. The molecule has 0 saturated carbocycles. The molecular formula is C21H21B5F3N3O3. The van der Waals surface area contributed by atoms with Crippen LogP contribution in [0.15, 0.2) is 42.7 Å². The Bertz CT molecular complexity index is 1280. The predicted octanol–water partition coefficient (Wildman–Crippen LogP) is -3.23. The molecule has 2 heterocycles. The molecule has 35 heavy (non-hydrogen) atoms. The summed E-state index contributed by atoms with van der Waals surface area (Å²) in [7, 11) is 9.48. The highest BCUT2D eigenvalue weighted by Crippen LogP contribution is 2.30. The summed E-state index contributed by atoms with van der Waals surface area (Å²) in [5.41, 5.74) is 4.26. The number of ether oxygens (including phenoxy) is 2. The molecule has 1 aromatic heterocycles. The molecule has 174 valence electrons. The standard InChI is InChI=1S/C21H21B5F3N3O3/c22-15-13(10-2-4-11(5-3-10)35-21(27,28)29)16(23)17(24)18-14(15)19(33)32(20(25,26)9-34-18)8-12-30-6-1-7-31-12/h1-7H,8-9,22-26H2. The number of rotatable bonds is 4. The van der Waals surface area contributed by atoms with Gasteiger partial charge in [-0.15, -0.1) is 13.2 Å². The Hall–Kier alpha value is -3.30. The Labute approximate surface area is 205 Å². The van der Waals surface area contributed by atoms with Gasteiger partial charge >= 0.3 is 6.36 Å². The van der Waals surface area contributed by atoms with E-state index in [1.165, 1.54) is 12.1 Å². The Morgan fingerprint density at radius 3 is 2.23 bits per heavy atom. The number of alkyl halides is 3. The monoisotopic (exact) mass is 475 g/mol. The fourth-order valence-corrected chi connectivity index (χ4v) is 4.39. The number of halogens is 3. The molecule has 2 aromatic carbocycles. The van der Waals surface area contributed by atoms with E-state index in [4.69, 9.17) is 4.74 Å². The van der Waals surface area contributed by atoms with Gasteiger partial charge in [0.05, 0.1) is 18.7 Å². The minimum atomic E-state index is -4.77. The Balaban J connectivity index is 1.81. The largest absolute Gasteiger partial charge is 0.573 e. The first-order valence-electron chi connectivity index (χ1n) is 11.1. The van der Waals surface area contributed by atoms with Crippen LogP contribution < -0.4 is 25.9 Å². The third-order valence-electron chi connectivity index (χ3n) is 6.31. The molecule has 0 N–H and O–H groups in total. The second kappa shape index (κ2) is 9.05. The van der Waals surface area contributed by atoms with Crippen LogP contribution in [0.4, 0.5) is 13.2 Å². The number of hydrogen-bond donors (Lipinski definition) is 0. The third kappa shape index (κ3) is 4.92. The second-order valence-electron chi connectivity index (χ2n) is 9.18. The van der Waals surface area contributed by atoms with E-state index in [1.54, 1.807) is 35.5 Å². The van der Waals surface area contributed by atoms with Gasteiger partial charge in [-0.05, 0) is 29.3 Å². The lowest BCUT2D eigenvalue weighted by Gasteiger charge is -2.36. The van der Waals surface area contributed by atoms with Crippen LogP contribution in [0.5, 0.6) is 11.5 Å². The number of carbonyl (C=O) groups excluding carboxylic acids is 1. The van der Waals surface area contributed by atoms with Crippen molar-refractivity contribution in [3.63, 3.8) is 0 Å². The first-order valence-corrected chi connectivity index (χ1v) is 11.1. The zero-order chi connectivity index (χ0) is 25.5. The van der Waals surface area contributed by atoms with Crippen LogP contribution in [0.1, 0.15) is 16.2 Å². The molecule has 0 aliphatic carbocycles. The van der Waals surface area contributed by atoms with Crippen LogP contribution in [0, 0.1) is 0 Å². The van der Waals surface area contributed by atoms with Gasteiger partial charge in [0.25, 0.3) is 5.91 Å². The summed E-state index contributed by atoms with van der Waals surface area (Å²) in [6.45, 7) is 0.488. The summed E-state index contributed by atoms with van der Waals surface area (Å²) in [4.78, 5) is 24.2. The maximum Gasteiger partial charge on any atom is 0.573 e. The molecule has 6 nitrogen and oxygen atoms in total. The number of carbonyl (C=O) groups is 1. The first kappa shape index (κ1) is 24.8. The van der Waals surface area contributed by atoms with Crippen LogP contribution in [0.25, 0.3) is 11.1 Å².